The van der Waals surface area contributed by atoms with Gasteiger partial charge in [-0.05, 0) is 41.1 Å². The first-order valence-corrected chi connectivity index (χ1v) is 9.02. The fourth-order valence-corrected chi connectivity index (χ4v) is 4.00. The number of thiophene rings is 1. The first-order valence-electron chi connectivity index (χ1n) is 8.21. The fraction of sp³-hybridized carbons (Fsp3) is 0.200. The summed E-state index contributed by atoms with van der Waals surface area (Å²) in [4.78, 5) is 24.2. The van der Waals surface area contributed by atoms with Crippen LogP contribution in [0.1, 0.15) is 34.1 Å². The van der Waals surface area contributed by atoms with E-state index in [-0.39, 0.29) is 12.3 Å². The minimum absolute atomic E-state index is 0.0226. The minimum atomic E-state index is -0.869. The summed E-state index contributed by atoms with van der Waals surface area (Å²) in [7, 11) is 0. The van der Waals surface area contributed by atoms with Gasteiger partial charge in [0.1, 0.15) is 0 Å². The molecule has 0 fully saturated rings. The first kappa shape index (κ1) is 17.2. The molecular formula is C20H19NO3S. The van der Waals surface area contributed by atoms with Crippen molar-refractivity contribution in [2.45, 2.75) is 26.2 Å². The highest BCUT2D eigenvalue weighted by Crippen LogP contribution is 2.32. The zero-order valence-corrected chi connectivity index (χ0v) is 14.7. The van der Waals surface area contributed by atoms with E-state index in [4.69, 9.17) is 5.11 Å². The maximum absolute atomic E-state index is 12.7. The number of carboxylic acids is 1. The summed E-state index contributed by atoms with van der Waals surface area (Å²) in [5, 5.41) is 12.9. The van der Waals surface area contributed by atoms with Crippen LogP contribution in [0, 0.1) is 0 Å². The van der Waals surface area contributed by atoms with Gasteiger partial charge in [0.2, 0.25) is 0 Å². The Labute approximate surface area is 150 Å². The van der Waals surface area contributed by atoms with Crippen molar-refractivity contribution in [2.75, 3.05) is 5.32 Å². The van der Waals surface area contributed by atoms with Crippen LogP contribution in [0.4, 0.5) is 5.69 Å². The number of hydrogen-bond donors (Lipinski definition) is 2. The van der Waals surface area contributed by atoms with E-state index < -0.39 is 5.97 Å². The molecule has 1 heterocycles. The first-order chi connectivity index (χ1) is 12.1. The molecule has 2 aromatic carbocycles. The highest BCUT2D eigenvalue weighted by molar-refractivity contribution is 7.21. The van der Waals surface area contributed by atoms with E-state index in [1.165, 1.54) is 11.3 Å². The van der Waals surface area contributed by atoms with Gasteiger partial charge in [-0.1, -0.05) is 43.7 Å². The largest absolute Gasteiger partial charge is 0.481 e. The number of aliphatic carboxylic acids is 1. The maximum atomic E-state index is 12.7. The molecule has 0 unspecified atom stereocenters. The van der Waals surface area contributed by atoms with Crippen LogP contribution in [0.25, 0.3) is 10.1 Å². The van der Waals surface area contributed by atoms with Crippen molar-refractivity contribution in [3.05, 3.63) is 64.5 Å². The van der Waals surface area contributed by atoms with Crippen LogP contribution >= 0.6 is 11.3 Å². The van der Waals surface area contributed by atoms with Gasteiger partial charge in [0.25, 0.3) is 5.91 Å². The molecule has 1 aromatic heterocycles. The molecule has 0 aliphatic rings. The van der Waals surface area contributed by atoms with Crippen LogP contribution in [0.3, 0.4) is 0 Å². The van der Waals surface area contributed by atoms with Gasteiger partial charge in [0.05, 0.1) is 11.3 Å². The summed E-state index contributed by atoms with van der Waals surface area (Å²) in [6.45, 7) is 2.11. The molecule has 0 spiro atoms. The smallest absolute Gasteiger partial charge is 0.307 e. The van der Waals surface area contributed by atoms with E-state index in [1.807, 2.05) is 18.2 Å². The third-order valence-corrected chi connectivity index (χ3v) is 5.18. The molecule has 0 radical (unpaired) electrons. The third-order valence-electron chi connectivity index (χ3n) is 3.97. The molecule has 3 aromatic rings. The van der Waals surface area contributed by atoms with E-state index >= 15 is 0 Å². The van der Waals surface area contributed by atoms with E-state index in [0.29, 0.717) is 11.3 Å². The van der Waals surface area contributed by atoms with Crippen LogP contribution in [-0.2, 0) is 17.6 Å². The van der Waals surface area contributed by atoms with E-state index in [9.17, 15) is 9.59 Å². The van der Waals surface area contributed by atoms with Crippen LogP contribution in [0.2, 0.25) is 0 Å². The lowest BCUT2D eigenvalue weighted by atomic mass is 10.1. The van der Waals surface area contributed by atoms with Gasteiger partial charge in [-0.15, -0.1) is 11.3 Å². The second-order valence-electron chi connectivity index (χ2n) is 5.88. The summed E-state index contributed by atoms with van der Waals surface area (Å²) in [5.41, 5.74) is 2.47. The molecule has 128 valence electrons. The van der Waals surface area contributed by atoms with Gasteiger partial charge >= 0.3 is 5.97 Å². The summed E-state index contributed by atoms with van der Waals surface area (Å²) < 4.78 is 1.12. The number of carboxylic acid groups (broad SMARTS) is 1. The average molecular weight is 353 g/mol. The number of carbonyl (C=O) groups excluding carboxylic acids is 1. The number of aryl methyl sites for hydroxylation is 1. The molecule has 0 bridgehead atoms. The minimum Gasteiger partial charge on any atom is -0.481 e. The summed E-state index contributed by atoms with van der Waals surface area (Å²) >= 11 is 1.51. The number of nitrogens with one attached hydrogen (secondary N) is 1. The highest BCUT2D eigenvalue weighted by atomic mass is 32.1. The van der Waals surface area contributed by atoms with Crippen molar-refractivity contribution in [1.29, 1.82) is 0 Å². The van der Waals surface area contributed by atoms with Crippen LogP contribution in [0.5, 0.6) is 0 Å². The number of anilines is 1. The molecule has 0 aliphatic heterocycles. The third kappa shape index (κ3) is 3.88. The maximum Gasteiger partial charge on any atom is 0.307 e. The molecule has 4 nitrogen and oxygen atoms in total. The molecule has 1 amide bonds. The van der Waals surface area contributed by atoms with Crippen molar-refractivity contribution < 1.29 is 14.7 Å². The highest BCUT2D eigenvalue weighted by Gasteiger charge is 2.17. The fourth-order valence-electron chi connectivity index (χ4n) is 2.85. The van der Waals surface area contributed by atoms with Crippen LogP contribution in [-0.4, -0.2) is 17.0 Å². The van der Waals surface area contributed by atoms with E-state index in [1.54, 1.807) is 24.3 Å². The molecule has 0 saturated carbocycles. The van der Waals surface area contributed by atoms with Gasteiger partial charge < -0.3 is 10.4 Å². The number of amides is 1. The Kier molecular flexibility index (Phi) is 5.14. The Hall–Kier alpha value is -2.66. The topological polar surface area (TPSA) is 66.4 Å². The van der Waals surface area contributed by atoms with Gasteiger partial charge in [0, 0.05) is 10.4 Å². The lowest BCUT2D eigenvalue weighted by Crippen LogP contribution is -2.12. The van der Waals surface area contributed by atoms with Crippen LogP contribution in [0.15, 0.2) is 48.5 Å². The SMILES string of the molecule is CCCc1c(C(=O)Nc2ccc(CC(=O)O)cc2)sc2ccccc12. The molecule has 25 heavy (non-hydrogen) atoms. The van der Waals surface area contributed by atoms with Crippen molar-refractivity contribution >= 4 is 39.0 Å². The molecule has 2 N–H and O–H groups in total. The normalized spacial score (nSPS) is 10.8. The Bertz CT molecular complexity index is 912. The predicted octanol–water partition coefficient (Wildman–Crippen LogP) is 4.73. The second-order valence-corrected chi connectivity index (χ2v) is 6.93. The number of rotatable bonds is 6. The number of fused-ring (bicyclic) bond motifs is 1. The molecule has 3 rings (SSSR count). The molecule has 0 aliphatic carbocycles. The average Bonchev–Trinajstić information content (AvgIpc) is 2.96. The molecule has 5 heteroatoms. The quantitative estimate of drug-likeness (QED) is 0.673. The van der Waals surface area contributed by atoms with Gasteiger partial charge in [-0.25, -0.2) is 0 Å². The Balaban J connectivity index is 1.84. The lowest BCUT2D eigenvalue weighted by molar-refractivity contribution is -0.136. The Morgan fingerprint density at radius 1 is 1.08 bits per heavy atom. The van der Waals surface area contributed by atoms with Gasteiger partial charge in [0.15, 0.2) is 0 Å². The van der Waals surface area contributed by atoms with Crippen LogP contribution < -0.4 is 5.32 Å². The summed E-state index contributed by atoms with van der Waals surface area (Å²) in [5.74, 6) is -0.984. The zero-order valence-electron chi connectivity index (χ0n) is 13.9. The van der Waals surface area contributed by atoms with Gasteiger partial charge in [-0.2, -0.15) is 0 Å². The number of hydrogen-bond acceptors (Lipinski definition) is 3. The predicted molar refractivity (Wildman–Crippen MR) is 102 cm³/mol. The van der Waals surface area contributed by atoms with Crippen molar-refractivity contribution in [1.82, 2.24) is 0 Å². The number of carbonyl (C=O) groups is 2. The van der Waals surface area contributed by atoms with E-state index in [0.717, 1.165) is 33.4 Å². The number of benzene rings is 2. The van der Waals surface area contributed by atoms with Crippen molar-refractivity contribution in [3.63, 3.8) is 0 Å². The second kappa shape index (κ2) is 7.49. The monoisotopic (exact) mass is 353 g/mol. The molecular weight excluding hydrogens is 334 g/mol. The van der Waals surface area contributed by atoms with Crippen molar-refractivity contribution in [2.24, 2.45) is 0 Å². The Morgan fingerprint density at radius 3 is 2.48 bits per heavy atom. The molecule has 0 atom stereocenters. The van der Waals surface area contributed by atoms with E-state index in [2.05, 4.69) is 18.3 Å². The van der Waals surface area contributed by atoms with Gasteiger partial charge in [-0.3, -0.25) is 9.59 Å². The Morgan fingerprint density at radius 2 is 1.80 bits per heavy atom. The van der Waals surface area contributed by atoms with Crippen molar-refractivity contribution in [3.8, 4) is 0 Å². The summed E-state index contributed by atoms with van der Waals surface area (Å²) in [6, 6.07) is 15.0. The molecule has 0 saturated heterocycles. The zero-order chi connectivity index (χ0) is 17.8. The summed E-state index contributed by atoms with van der Waals surface area (Å²) in [6.07, 6.45) is 1.82. The standard InChI is InChI=1S/C20H19NO3S/c1-2-5-16-15-6-3-4-7-17(15)25-19(16)20(24)21-14-10-8-13(9-11-14)12-18(22)23/h3-4,6-11H,2,5,12H2,1H3,(H,21,24)(H,22,23). The lowest BCUT2D eigenvalue weighted by Gasteiger charge is -2.07.